The van der Waals surface area contributed by atoms with Crippen molar-refractivity contribution in [1.29, 1.82) is 0 Å². The lowest BCUT2D eigenvalue weighted by molar-refractivity contribution is -0.136. The van der Waals surface area contributed by atoms with Gasteiger partial charge in [0, 0.05) is 23.7 Å². The van der Waals surface area contributed by atoms with Crippen molar-refractivity contribution in [1.82, 2.24) is 4.90 Å². The van der Waals surface area contributed by atoms with Crippen molar-refractivity contribution in [2.75, 3.05) is 23.7 Å². The summed E-state index contributed by atoms with van der Waals surface area (Å²) in [4.78, 5) is 40.8. The Morgan fingerprint density at radius 2 is 2.00 bits per heavy atom. The van der Waals surface area contributed by atoms with Gasteiger partial charge in [-0.2, -0.15) is 0 Å². The van der Waals surface area contributed by atoms with Crippen LogP contribution >= 0.6 is 11.8 Å². The summed E-state index contributed by atoms with van der Waals surface area (Å²) in [5.41, 5.74) is 2.57. The largest absolute Gasteiger partial charge is 0.340 e. The lowest BCUT2D eigenvalue weighted by Crippen LogP contribution is -2.50. The number of anilines is 2. The van der Waals surface area contributed by atoms with Crippen molar-refractivity contribution in [3.05, 3.63) is 54.1 Å². The van der Waals surface area contributed by atoms with Gasteiger partial charge in [0.25, 0.3) is 0 Å². The fourth-order valence-electron chi connectivity index (χ4n) is 3.74. The molecule has 3 amide bonds. The molecule has 29 heavy (non-hydrogen) atoms. The number of thioether (sulfide) groups is 1. The highest BCUT2D eigenvalue weighted by atomic mass is 32.2. The van der Waals surface area contributed by atoms with Gasteiger partial charge in [-0.25, -0.2) is 0 Å². The smallest absolute Gasteiger partial charge is 0.247 e. The van der Waals surface area contributed by atoms with Gasteiger partial charge in [-0.05, 0) is 49.6 Å². The summed E-state index contributed by atoms with van der Waals surface area (Å²) in [5.74, 6) is -0.892. The van der Waals surface area contributed by atoms with Gasteiger partial charge >= 0.3 is 0 Å². The summed E-state index contributed by atoms with van der Waals surface area (Å²) in [5, 5.41) is 4.95. The minimum absolute atomic E-state index is 0.0841. The first-order valence-corrected chi connectivity index (χ1v) is 10.6. The Bertz CT molecular complexity index is 962. The lowest BCUT2D eigenvalue weighted by Gasteiger charge is -2.35. The molecule has 2 aliphatic heterocycles. The number of hydrogen-bond acceptors (Lipinski definition) is 4. The summed E-state index contributed by atoms with van der Waals surface area (Å²) >= 11 is 1.28. The third kappa shape index (κ3) is 4.29. The highest BCUT2D eigenvalue weighted by Crippen LogP contribution is 2.36. The number of benzene rings is 2. The Balaban J connectivity index is 1.42. The molecule has 1 saturated heterocycles. The number of aryl methyl sites for hydroxylation is 1. The topological polar surface area (TPSA) is 78.5 Å². The van der Waals surface area contributed by atoms with Gasteiger partial charge in [-0.15, -0.1) is 11.8 Å². The number of para-hydroxylation sites is 1. The fraction of sp³-hybridized carbons (Fsp3) is 0.318. The molecule has 0 bridgehead atoms. The summed E-state index contributed by atoms with van der Waals surface area (Å²) < 4.78 is 0. The number of nitrogens with one attached hydrogen (secondary N) is 2. The molecule has 2 aromatic carbocycles. The molecule has 6 nitrogen and oxygen atoms in total. The van der Waals surface area contributed by atoms with E-state index < -0.39 is 5.25 Å². The summed E-state index contributed by atoms with van der Waals surface area (Å²) in [6.07, 6.45) is 1.47. The zero-order valence-electron chi connectivity index (χ0n) is 16.2. The predicted molar refractivity (Wildman–Crippen MR) is 114 cm³/mol. The van der Waals surface area contributed by atoms with Crippen LogP contribution in [0.25, 0.3) is 0 Å². The second-order valence-electron chi connectivity index (χ2n) is 7.47. The third-order valence-corrected chi connectivity index (χ3v) is 6.50. The van der Waals surface area contributed by atoms with E-state index in [0.29, 0.717) is 13.1 Å². The van der Waals surface area contributed by atoms with Crippen molar-refractivity contribution in [3.63, 3.8) is 0 Å². The summed E-state index contributed by atoms with van der Waals surface area (Å²) in [7, 11) is 0. The molecule has 0 aromatic heterocycles. The van der Waals surface area contributed by atoms with E-state index in [1.807, 2.05) is 55.5 Å². The first-order valence-electron chi connectivity index (χ1n) is 9.74. The minimum atomic E-state index is -0.816. The van der Waals surface area contributed by atoms with E-state index in [1.165, 1.54) is 11.8 Å². The number of carbonyl (C=O) groups excluding carboxylic acids is 3. The molecule has 2 unspecified atom stereocenters. The number of nitrogens with zero attached hydrogens (tertiary/aromatic N) is 1. The molecule has 2 heterocycles. The van der Waals surface area contributed by atoms with Crippen LogP contribution in [-0.4, -0.2) is 41.0 Å². The number of piperidine rings is 1. The van der Waals surface area contributed by atoms with Crippen molar-refractivity contribution in [2.45, 2.75) is 29.9 Å². The van der Waals surface area contributed by atoms with E-state index in [4.69, 9.17) is 0 Å². The first kappa shape index (κ1) is 19.5. The molecule has 1 fully saturated rings. The van der Waals surface area contributed by atoms with Crippen LogP contribution in [0.15, 0.2) is 53.4 Å². The zero-order chi connectivity index (χ0) is 20.4. The molecule has 0 spiro atoms. The van der Waals surface area contributed by atoms with E-state index in [9.17, 15) is 14.4 Å². The molecular formula is C22H23N3O3S. The maximum Gasteiger partial charge on any atom is 0.247 e. The first-order chi connectivity index (χ1) is 14.0. The molecular weight excluding hydrogens is 386 g/mol. The average Bonchev–Trinajstić information content (AvgIpc) is 2.73. The molecule has 0 aliphatic carbocycles. The molecule has 2 N–H and O–H groups in total. The van der Waals surface area contributed by atoms with Crippen LogP contribution < -0.4 is 10.6 Å². The Kier molecular flexibility index (Phi) is 5.58. The molecule has 2 atom stereocenters. The highest BCUT2D eigenvalue weighted by molar-refractivity contribution is 8.01. The van der Waals surface area contributed by atoms with E-state index >= 15 is 0 Å². The molecule has 2 aliphatic rings. The SMILES string of the molecule is Cc1cccc(NC(=O)C2CCCN(C(=O)C3Sc4ccccc4NC3=O)C2)c1. The van der Waals surface area contributed by atoms with E-state index in [2.05, 4.69) is 10.6 Å². The number of likely N-dealkylation sites (tertiary alicyclic amines) is 1. The van der Waals surface area contributed by atoms with Crippen LogP contribution in [0.1, 0.15) is 18.4 Å². The van der Waals surface area contributed by atoms with Crippen LogP contribution in [0.2, 0.25) is 0 Å². The van der Waals surface area contributed by atoms with Crippen molar-refractivity contribution in [3.8, 4) is 0 Å². The number of hydrogen-bond donors (Lipinski definition) is 2. The molecule has 150 valence electrons. The zero-order valence-corrected chi connectivity index (χ0v) is 17.0. The molecule has 4 rings (SSSR count). The number of rotatable bonds is 3. The predicted octanol–water partition coefficient (Wildman–Crippen LogP) is 3.29. The van der Waals surface area contributed by atoms with Crippen LogP contribution in [0, 0.1) is 12.8 Å². The van der Waals surface area contributed by atoms with Crippen LogP contribution in [0.4, 0.5) is 11.4 Å². The normalized spacial score (nSPS) is 21.1. The van der Waals surface area contributed by atoms with Crippen molar-refractivity contribution in [2.24, 2.45) is 5.92 Å². The van der Waals surface area contributed by atoms with Gasteiger partial charge in [0.2, 0.25) is 17.7 Å². The van der Waals surface area contributed by atoms with Gasteiger partial charge in [-0.3, -0.25) is 14.4 Å². The quantitative estimate of drug-likeness (QED) is 0.763. The standard InChI is InChI=1S/C22H23N3O3S/c1-14-6-4-8-16(12-14)23-20(26)15-7-5-11-25(13-15)22(28)19-21(27)24-17-9-2-3-10-18(17)29-19/h2-4,6,8-10,12,15,19H,5,7,11,13H2,1H3,(H,23,26)(H,24,27). The molecule has 7 heteroatoms. The van der Waals surface area contributed by atoms with Crippen LogP contribution in [0.5, 0.6) is 0 Å². The molecule has 0 saturated carbocycles. The Morgan fingerprint density at radius 3 is 2.83 bits per heavy atom. The van der Waals surface area contributed by atoms with Crippen LogP contribution in [0.3, 0.4) is 0 Å². The Labute approximate surface area is 174 Å². The maximum atomic E-state index is 13.1. The van der Waals surface area contributed by atoms with E-state index in [1.54, 1.807) is 4.90 Å². The second-order valence-corrected chi connectivity index (χ2v) is 8.61. The van der Waals surface area contributed by atoms with Gasteiger partial charge < -0.3 is 15.5 Å². The van der Waals surface area contributed by atoms with Gasteiger partial charge in [0.15, 0.2) is 5.25 Å². The number of fused-ring (bicyclic) bond motifs is 1. The van der Waals surface area contributed by atoms with Crippen molar-refractivity contribution >= 4 is 40.9 Å². The van der Waals surface area contributed by atoms with Crippen molar-refractivity contribution < 1.29 is 14.4 Å². The second kappa shape index (κ2) is 8.29. The van der Waals surface area contributed by atoms with Gasteiger partial charge in [0.05, 0.1) is 11.6 Å². The molecule has 0 radical (unpaired) electrons. The monoisotopic (exact) mass is 409 g/mol. The van der Waals surface area contributed by atoms with Gasteiger partial charge in [-0.1, -0.05) is 24.3 Å². The van der Waals surface area contributed by atoms with E-state index in [-0.39, 0.29) is 23.6 Å². The minimum Gasteiger partial charge on any atom is -0.340 e. The lowest BCUT2D eigenvalue weighted by atomic mass is 9.96. The number of carbonyl (C=O) groups is 3. The molecule has 2 aromatic rings. The Morgan fingerprint density at radius 1 is 1.17 bits per heavy atom. The maximum absolute atomic E-state index is 13.1. The van der Waals surface area contributed by atoms with Gasteiger partial charge in [0.1, 0.15) is 0 Å². The number of amides is 3. The third-order valence-electron chi connectivity index (χ3n) is 5.24. The summed E-state index contributed by atoms with van der Waals surface area (Å²) in [6, 6.07) is 15.1. The Hall–Kier alpha value is -2.80. The fourth-order valence-corrected chi connectivity index (χ4v) is 4.81. The summed E-state index contributed by atoms with van der Waals surface area (Å²) in [6.45, 7) is 2.88. The average molecular weight is 410 g/mol. The highest BCUT2D eigenvalue weighted by Gasteiger charge is 2.38. The van der Waals surface area contributed by atoms with Crippen LogP contribution in [-0.2, 0) is 14.4 Å². The van der Waals surface area contributed by atoms with E-state index in [0.717, 1.165) is 34.7 Å².